The molecule has 3 N–H and O–H groups in total. The summed E-state index contributed by atoms with van der Waals surface area (Å²) >= 11 is 1.41. The summed E-state index contributed by atoms with van der Waals surface area (Å²) < 4.78 is 12.4. The predicted octanol–water partition coefficient (Wildman–Crippen LogP) is 3.15. The minimum absolute atomic E-state index is 0.245. The first-order valence-electron chi connectivity index (χ1n) is 8.71. The molecule has 3 aromatic rings. The van der Waals surface area contributed by atoms with Gasteiger partial charge in [-0.1, -0.05) is 0 Å². The van der Waals surface area contributed by atoms with Gasteiger partial charge in [-0.15, -0.1) is 11.3 Å². The van der Waals surface area contributed by atoms with Gasteiger partial charge in [0.15, 0.2) is 11.5 Å². The van der Waals surface area contributed by atoms with Gasteiger partial charge < -0.3 is 24.8 Å². The molecule has 29 heavy (non-hydrogen) atoms. The number of nitrogens with zero attached hydrogens (tertiary/aromatic N) is 3. The van der Waals surface area contributed by atoms with Crippen molar-refractivity contribution in [2.24, 2.45) is 10.1 Å². The second-order valence-corrected chi connectivity index (χ2v) is 6.71. The monoisotopic (exact) mass is 415 g/mol. The molecule has 8 nitrogen and oxygen atoms in total. The Labute approximate surface area is 171 Å². The number of phenolic OH excluding ortho intramolecular Hbond substituents is 3. The fraction of sp³-hybridized carbons (Fsp3) is 0.200. The standard InChI is InChI=1S/C20H21N3O5S/c1-4-21-20-23(22-10-12-5-8-16(24)19(26)18(12)25)15(11-29-20)14-7-6-13(27-2)9-17(14)28-3/h5-11,24-26H,4H2,1-3H3. The summed E-state index contributed by atoms with van der Waals surface area (Å²) in [6.45, 7) is 2.49. The van der Waals surface area contributed by atoms with Gasteiger partial charge in [0.05, 0.1) is 26.1 Å². The third-order valence-electron chi connectivity index (χ3n) is 4.14. The van der Waals surface area contributed by atoms with Crippen molar-refractivity contribution in [3.8, 4) is 40.0 Å². The Balaban J connectivity index is 2.14. The molecule has 0 radical (unpaired) electrons. The largest absolute Gasteiger partial charge is 0.504 e. The highest BCUT2D eigenvalue weighted by molar-refractivity contribution is 7.07. The van der Waals surface area contributed by atoms with Crippen molar-refractivity contribution in [2.75, 3.05) is 20.8 Å². The van der Waals surface area contributed by atoms with Gasteiger partial charge in [0.1, 0.15) is 11.5 Å². The molecule has 0 saturated heterocycles. The quantitative estimate of drug-likeness (QED) is 0.423. The molecule has 0 unspecified atom stereocenters. The summed E-state index contributed by atoms with van der Waals surface area (Å²) in [4.78, 5) is 5.11. The van der Waals surface area contributed by atoms with Crippen molar-refractivity contribution < 1.29 is 24.8 Å². The third kappa shape index (κ3) is 4.04. The summed E-state index contributed by atoms with van der Waals surface area (Å²) in [5.41, 5.74) is 1.77. The Morgan fingerprint density at radius 2 is 1.86 bits per heavy atom. The number of ether oxygens (including phenoxy) is 2. The number of aromatic hydroxyl groups is 3. The maximum Gasteiger partial charge on any atom is 0.206 e. The van der Waals surface area contributed by atoms with Crippen LogP contribution in [0.1, 0.15) is 12.5 Å². The van der Waals surface area contributed by atoms with Crippen LogP contribution in [0.4, 0.5) is 0 Å². The van der Waals surface area contributed by atoms with Gasteiger partial charge in [-0.3, -0.25) is 4.99 Å². The van der Waals surface area contributed by atoms with Crippen LogP contribution in [0.3, 0.4) is 0 Å². The van der Waals surface area contributed by atoms with Gasteiger partial charge >= 0.3 is 0 Å². The van der Waals surface area contributed by atoms with Gasteiger partial charge in [0.25, 0.3) is 0 Å². The Morgan fingerprint density at radius 1 is 1.07 bits per heavy atom. The molecule has 0 saturated carbocycles. The van der Waals surface area contributed by atoms with Crippen molar-refractivity contribution in [3.63, 3.8) is 0 Å². The zero-order chi connectivity index (χ0) is 21.0. The minimum atomic E-state index is -0.597. The van der Waals surface area contributed by atoms with Crippen LogP contribution >= 0.6 is 11.3 Å². The summed E-state index contributed by atoms with van der Waals surface area (Å²) in [6, 6.07) is 8.20. The van der Waals surface area contributed by atoms with Crippen LogP contribution in [0.5, 0.6) is 28.7 Å². The SMILES string of the molecule is CCN=c1scc(-c2ccc(OC)cc2OC)n1N=Cc1ccc(O)c(O)c1O. The number of phenols is 3. The minimum Gasteiger partial charge on any atom is -0.504 e. The predicted molar refractivity (Wildman–Crippen MR) is 111 cm³/mol. The summed E-state index contributed by atoms with van der Waals surface area (Å²) in [7, 11) is 3.16. The number of aromatic nitrogens is 1. The fourth-order valence-corrected chi connectivity index (χ4v) is 3.55. The molecule has 0 aliphatic heterocycles. The topological polar surface area (TPSA) is 109 Å². The zero-order valence-corrected chi connectivity index (χ0v) is 17.0. The maximum atomic E-state index is 10.0. The van der Waals surface area contributed by atoms with Gasteiger partial charge in [0.2, 0.25) is 10.6 Å². The van der Waals surface area contributed by atoms with E-state index in [2.05, 4.69) is 10.1 Å². The number of methoxy groups -OCH3 is 2. The molecule has 0 spiro atoms. The zero-order valence-electron chi connectivity index (χ0n) is 16.2. The number of thiazole rings is 1. The van der Waals surface area contributed by atoms with Crippen molar-refractivity contribution >= 4 is 17.6 Å². The van der Waals surface area contributed by atoms with Crippen LogP contribution in [0, 0.1) is 0 Å². The van der Waals surface area contributed by atoms with Crippen LogP contribution < -0.4 is 14.3 Å². The lowest BCUT2D eigenvalue weighted by molar-refractivity contribution is 0.367. The molecule has 3 rings (SSSR count). The highest BCUT2D eigenvalue weighted by Crippen LogP contribution is 2.36. The Morgan fingerprint density at radius 3 is 2.55 bits per heavy atom. The van der Waals surface area contributed by atoms with Crippen LogP contribution in [0.15, 0.2) is 45.8 Å². The molecular formula is C20H21N3O5S. The molecule has 1 heterocycles. The van der Waals surface area contributed by atoms with E-state index in [1.54, 1.807) is 25.0 Å². The van der Waals surface area contributed by atoms with E-state index in [1.165, 1.54) is 29.7 Å². The first kappa shape index (κ1) is 20.3. The number of hydrogen-bond donors (Lipinski definition) is 3. The first-order chi connectivity index (χ1) is 14.0. The van der Waals surface area contributed by atoms with E-state index in [0.29, 0.717) is 22.8 Å². The molecule has 0 aliphatic carbocycles. The lowest BCUT2D eigenvalue weighted by Gasteiger charge is -2.11. The van der Waals surface area contributed by atoms with E-state index in [4.69, 9.17) is 9.47 Å². The van der Waals surface area contributed by atoms with Gasteiger partial charge in [-0.25, -0.2) is 4.68 Å². The molecule has 0 atom stereocenters. The van der Waals surface area contributed by atoms with E-state index in [-0.39, 0.29) is 5.56 Å². The lowest BCUT2D eigenvalue weighted by atomic mass is 10.1. The van der Waals surface area contributed by atoms with Gasteiger partial charge in [0, 0.05) is 29.1 Å². The van der Waals surface area contributed by atoms with Crippen LogP contribution in [0.25, 0.3) is 11.3 Å². The van der Waals surface area contributed by atoms with Gasteiger partial charge in [-0.2, -0.15) is 5.10 Å². The molecule has 152 valence electrons. The van der Waals surface area contributed by atoms with E-state index in [9.17, 15) is 15.3 Å². The van der Waals surface area contributed by atoms with Crippen molar-refractivity contribution in [1.29, 1.82) is 0 Å². The molecule has 9 heteroatoms. The van der Waals surface area contributed by atoms with E-state index in [1.807, 2.05) is 24.4 Å². The van der Waals surface area contributed by atoms with Crippen LogP contribution in [-0.4, -0.2) is 47.0 Å². The Bertz CT molecular complexity index is 1120. The molecule has 1 aromatic heterocycles. The number of hydrogen-bond acceptors (Lipinski definition) is 8. The number of benzene rings is 2. The first-order valence-corrected chi connectivity index (χ1v) is 9.59. The fourth-order valence-electron chi connectivity index (χ4n) is 2.66. The third-order valence-corrected chi connectivity index (χ3v) is 4.99. The normalized spacial score (nSPS) is 11.9. The summed E-state index contributed by atoms with van der Waals surface area (Å²) in [5, 5.41) is 35.6. The molecule has 0 amide bonds. The summed E-state index contributed by atoms with van der Waals surface area (Å²) in [5.74, 6) is -0.187. The molecule has 0 aliphatic rings. The van der Waals surface area contributed by atoms with E-state index < -0.39 is 17.2 Å². The summed E-state index contributed by atoms with van der Waals surface area (Å²) in [6.07, 6.45) is 1.38. The van der Waals surface area contributed by atoms with Gasteiger partial charge in [-0.05, 0) is 31.2 Å². The molecule has 0 fully saturated rings. The average molecular weight is 415 g/mol. The second-order valence-electron chi connectivity index (χ2n) is 5.87. The van der Waals surface area contributed by atoms with Crippen molar-refractivity contribution in [3.05, 3.63) is 46.1 Å². The highest BCUT2D eigenvalue weighted by atomic mass is 32.1. The molecule has 0 bridgehead atoms. The van der Waals surface area contributed by atoms with Crippen molar-refractivity contribution in [1.82, 2.24) is 4.68 Å². The Hall–Kier alpha value is -3.46. The van der Waals surface area contributed by atoms with E-state index >= 15 is 0 Å². The van der Waals surface area contributed by atoms with Crippen molar-refractivity contribution in [2.45, 2.75) is 6.92 Å². The smallest absolute Gasteiger partial charge is 0.206 e. The lowest BCUT2D eigenvalue weighted by Crippen LogP contribution is -2.12. The maximum absolute atomic E-state index is 10.0. The second kappa shape index (κ2) is 8.70. The van der Waals surface area contributed by atoms with E-state index in [0.717, 1.165) is 11.3 Å². The van der Waals surface area contributed by atoms with Crippen LogP contribution in [-0.2, 0) is 0 Å². The Kier molecular flexibility index (Phi) is 6.08. The molecule has 2 aromatic carbocycles. The average Bonchev–Trinajstić information content (AvgIpc) is 3.13. The van der Waals surface area contributed by atoms with Crippen LogP contribution in [0.2, 0.25) is 0 Å². The number of rotatable bonds is 6. The molecular weight excluding hydrogens is 394 g/mol. The highest BCUT2D eigenvalue weighted by Gasteiger charge is 2.14.